The van der Waals surface area contributed by atoms with Gasteiger partial charge in [0.25, 0.3) is 5.19 Å². The molecule has 0 unspecified atom stereocenters. The normalized spacial score (nSPS) is 23.2. The van der Waals surface area contributed by atoms with E-state index in [0.29, 0.717) is 11.8 Å². The van der Waals surface area contributed by atoms with Gasteiger partial charge in [-0.2, -0.15) is 13.2 Å². The van der Waals surface area contributed by atoms with Gasteiger partial charge in [-0.05, 0) is 56.9 Å². The smallest absolute Gasteiger partial charge is 0.422 e. The molecule has 3 rings (SSSR count). The topological polar surface area (TPSA) is 54.8 Å². The molecule has 1 aromatic heterocycles. The van der Waals surface area contributed by atoms with Crippen LogP contribution in [0.25, 0.3) is 0 Å². The van der Waals surface area contributed by atoms with E-state index in [1.807, 2.05) is 20.1 Å². The second-order valence-corrected chi connectivity index (χ2v) is 9.98. The number of thiazole rings is 1. The van der Waals surface area contributed by atoms with Gasteiger partial charge in [-0.25, -0.2) is 9.98 Å². The first kappa shape index (κ1) is 24.2. The van der Waals surface area contributed by atoms with Gasteiger partial charge in [0.1, 0.15) is 0 Å². The second kappa shape index (κ2) is 10.9. The summed E-state index contributed by atoms with van der Waals surface area (Å²) in [5, 5.41) is 0.131. The minimum atomic E-state index is -4.34. The van der Waals surface area contributed by atoms with Crippen molar-refractivity contribution in [1.29, 1.82) is 0 Å². The third kappa shape index (κ3) is 7.86. The SMILES string of the molecule is CC(C)C(=O)N=CC1CCC(CCN2CCc3nc(OCC(F)(F)F)sc3CC2)CC1. The van der Waals surface area contributed by atoms with Crippen molar-refractivity contribution < 1.29 is 22.7 Å². The van der Waals surface area contributed by atoms with Gasteiger partial charge >= 0.3 is 6.18 Å². The summed E-state index contributed by atoms with van der Waals surface area (Å²) in [6.45, 7) is 5.29. The molecule has 5 nitrogen and oxygen atoms in total. The number of carbonyl (C=O) groups is 1. The van der Waals surface area contributed by atoms with E-state index in [9.17, 15) is 18.0 Å². The van der Waals surface area contributed by atoms with Crippen molar-refractivity contribution in [3.63, 3.8) is 0 Å². The number of hydrogen-bond donors (Lipinski definition) is 0. The molecule has 1 aliphatic carbocycles. The summed E-state index contributed by atoms with van der Waals surface area (Å²) < 4.78 is 41.8. The number of fused-ring (bicyclic) bond motifs is 1. The van der Waals surface area contributed by atoms with Crippen molar-refractivity contribution in [1.82, 2.24) is 9.88 Å². The molecule has 0 aromatic carbocycles. The van der Waals surface area contributed by atoms with E-state index in [-0.39, 0.29) is 17.0 Å². The van der Waals surface area contributed by atoms with Crippen LogP contribution in [0.2, 0.25) is 0 Å². The number of rotatable bonds is 7. The molecule has 0 saturated heterocycles. The van der Waals surface area contributed by atoms with Gasteiger partial charge in [0, 0.05) is 36.5 Å². The van der Waals surface area contributed by atoms with Gasteiger partial charge in [-0.3, -0.25) is 4.79 Å². The van der Waals surface area contributed by atoms with Crippen LogP contribution >= 0.6 is 11.3 Å². The third-order valence-electron chi connectivity index (χ3n) is 6.09. The van der Waals surface area contributed by atoms with Crippen LogP contribution in [0.4, 0.5) is 13.2 Å². The number of aliphatic imine (C=N–C) groups is 1. The summed E-state index contributed by atoms with van der Waals surface area (Å²) >= 11 is 1.25. The molecule has 1 fully saturated rings. The minimum absolute atomic E-state index is 0.0367. The Labute approximate surface area is 186 Å². The molecular formula is C22H32F3N3O2S. The lowest BCUT2D eigenvalue weighted by Crippen LogP contribution is -2.29. The first-order valence-electron chi connectivity index (χ1n) is 11.2. The Bertz CT molecular complexity index is 730. The molecule has 0 bridgehead atoms. The second-order valence-electron chi connectivity index (χ2n) is 8.94. The lowest BCUT2D eigenvalue weighted by molar-refractivity contribution is -0.153. The summed E-state index contributed by atoms with van der Waals surface area (Å²) in [6, 6.07) is 0. The molecule has 0 N–H and O–H groups in total. The molecule has 0 spiro atoms. The highest BCUT2D eigenvalue weighted by Gasteiger charge is 2.29. The quantitative estimate of drug-likeness (QED) is 0.543. The first-order valence-corrected chi connectivity index (χ1v) is 12.0. The molecule has 1 saturated carbocycles. The predicted octanol–water partition coefficient (Wildman–Crippen LogP) is 4.93. The van der Waals surface area contributed by atoms with E-state index < -0.39 is 12.8 Å². The Hall–Kier alpha value is -1.48. The van der Waals surface area contributed by atoms with Crippen molar-refractivity contribution in [3.05, 3.63) is 10.6 Å². The summed E-state index contributed by atoms with van der Waals surface area (Å²) in [5.74, 6) is 1.06. The van der Waals surface area contributed by atoms with E-state index in [1.165, 1.54) is 24.2 Å². The molecule has 1 amide bonds. The predicted molar refractivity (Wildman–Crippen MR) is 116 cm³/mol. The fraction of sp³-hybridized carbons (Fsp3) is 0.773. The molecule has 0 radical (unpaired) electrons. The van der Waals surface area contributed by atoms with Crippen molar-refractivity contribution in [2.45, 2.75) is 65.0 Å². The first-order chi connectivity index (χ1) is 14.7. The molecule has 2 aliphatic rings. The highest BCUT2D eigenvalue weighted by Crippen LogP contribution is 2.32. The van der Waals surface area contributed by atoms with Crippen LogP contribution in [-0.2, 0) is 17.6 Å². The Kier molecular flexibility index (Phi) is 8.50. The van der Waals surface area contributed by atoms with E-state index in [2.05, 4.69) is 14.9 Å². The van der Waals surface area contributed by atoms with Gasteiger partial charge in [-0.15, -0.1) is 0 Å². The monoisotopic (exact) mass is 459 g/mol. The Morgan fingerprint density at radius 2 is 1.97 bits per heavy atom. The molecular weight excluding hydrogens is 427 g/mol. The lowest BCUT2D eigenvalue weighted by atomic mass is 9.81. The van der Waals surface area contributed by atoms with Crippen LogP contribution in [0.5, 0.6) is 5.19 Å². The van der Waals surface area contributed by atoms with Crippen molar-refractivity contribution >= 4 is 23.5 Å². The number of alkyl halides is 3. The number of nitrogens with zero attached hydrogens (tertiary/aromatic N) is 3. The number of hydrogen-bond acceptors (Lipinski definition) is 5. The average Bonchev–Trinajstić information content (AvgIpc) is 3.02. The van der Waals surface area contributed by atoms with Gasteiger partial charge in [0.05, 0.1) is 5.69 Å². The highest BCUT2D eigenvalue weighted by molar-refractivity contribution is 7.13. The number of amides is 1. The van der Waals surface area contributed by atoms with E-state index in [1.54, 1.807) is 0 Å². The molecule has 31 heavy (non-hydrogen) atoms. The largest absolute Gasteiger partial charge is 0.460 e. The number of ether oxygens (including phenoxy) is 1. The van der Waals surface area contributed by atoms with E-state index in [4.69, 9.17) is 4.74 Å². The molecule has 1 aromatic rings. The van der Waals surface area contributed by atoms with Crippen molar-refractivity contribution in [2.75, 3.05) is 26.2 Å². The van der Waals surface area contributed by atoms with Gasteiger partial charge in [0.2, 0.25) is 5.91 Å². The van der Waals surface area contributed by atoms with Crippen LogP contribution < -0.4 is 4.74 Å². The van der Waals surface area contributed by atoms with E-state index >= 15 is 0 Å². The van der Waals surface area contributed by atoms with Gasteiger partial charge in [0.15, 0.2) is 6.61 Å². The Balaban J connectivity index is 1.37. The zero-order valence-corrected chi connectivity index (χ0v) is 19.1. The van der Waals surface area contributed by atoms with Crippen LogP contribution in [0.3, 0.4) is 0 Å². The summed E-state index contributed by atoms with van der Waals surface area (Å²) in [6.07, 6.45) is 4.82. The lowest BCUT2D eigenvalue weighted by Gasteiger charge is -2.28. The molecule has 0 atom stereocenters. The van der Waals surface area contributed by atoms with Crippen LogP contribution in [0, 0.1) is 17.8 Å². The van der Waals surface area contributed by atoms with E-state index in [0.717, 1.165) is 62.3 Å². The molecule has 1 aliphatic heterocycles. The highest BCUT2D eigenvalue weighted by atomic mass is 32.1. The zero-order valence-electron chi connectivity index (χ0n) is 18.3. The van der Waals surface area contributed by atoms with Crippen molar-refractivity contribution in [2.24, 2.45) is 22.7 Å². The zero-order chi connectivity index (χ0) is 22.4. The molecule has 174 valence electrons. The number of halogens is 3. The minimum Gasteiger partial charge on any atom is -0.460 e. The maximum atomic E-state index is 12.3. The van der Waals surface area contributed by atoms with Crippen LogP contribution in [-0.4, -0.2) is 54.4 Å². The summed E-state index contributed by atoms with van der Waals surface area (Å²) in [5.41, 5.74) is 0.889. The summed E-state index contributed by atoms with van der Waals surface area (Å²) in [4.78, 5) is 23.5. The van der Waals surface area contributed by atoms with Crippen LogP contribution in [0.1, 0.15) is 56.5 Å². The molecule has 9 heteroatoms. The van der Waals surface area contributed by atoms with Crippen molar-refractivity contribution in [3.8, 4) is 5.19 Å². The maximum absolute atomic E-state index is 12.3. The maximum Gasteiger partial charge on any atom is 0.422 e. The van der Waals surface area contributed by atoms with Gasteiger partial charge < -0.3 is 9.64 Å². The summed E-state index contributed by atoms with van der Waals surface area (Å²) in [7, 11) is 0. The fourth-order valence-corrected chi connectivity index (χ4v) is 5.08. The number of carbonyl (C=O) groups excluding carboxylic acids is 1. The van der Waals surface area contributed by atoms with Gasteiger partial charge in [-0.1, -0.05) is 25.2 Å². The average molecular weight is 460 g/mol. The third-order valence-corrected chi connectivity index (χ3v) is 7.16. The number of aromatic nitrogens is 1. The van der Waals surface area contributed by atoms with Crippen LogP contribution in [0.15, 0.2) is 4.99 Å². The Morgan fingerprint density at radius 1 is 1.26 bits per heavy atom. The fourth-order valence-electron chi connectivity index (χ4n) is 4.13. The standard InChI is InChI=1S/C22H32F3N3O2S/c1-15(2)20(29)26-13-17-5-3-16(4-6-17)7-10-28-11-8-18-19(9-12-28)31-21(27-18)30-14-22(23,24)25/h13,15-17H,3-12,14H2,1-2H3. The molecule has 2 heterocycles. The Morgan fingerprint density at radius 3 is 2.65 bits per heavy atom.